The minimum Gasteiger partial charge on any atom is -0.310 e. The molecule has 0 aliphatic rings. The first-order valence-corrected chi connectivity index (χ1v) is 9.06. The van der Waals surface area contributed by atoms with E-state index in [9.17, 15) is 0 Å². The van der Waals surface area contributed by atoms with Crippen molar-refractivity contribution in [1.82, 2.24) is 10.3 Å². The number of hydrogen-bond donors (Lipinski definition) is 1. The van der Waals surface area contributed by atoms with Crippen molar-refractivity contribution >= 4 is 10.9 Å². The molecule has 1 heterocycles. The molecule has 0 aliphatic heterocycles. The molecule has 0 saturated carbocycles. The summed E-state index contributed by atoms with van der Waals surface area (Å²) in [6, 6.07) is 20.8. The van der Waals surface area contributed by atoms with Crippen molar-refractivity contribution < 1.29 is 32.7 Å². The topological polar surface area (TPSA) is 48.7 Å². The Balaban J connectivity index is -0.000000444. The molecule has 161 valence electrons. The number of benzene rings is 2. The zero-order chi connectivity index (χ0) is 18.9. The van der Waals surface area contributed by atoms with Crippen LogP contribution in [0, 0.1) is 11.3 Å². The molecule has 30 heavy (non-hydrogen) atoms. The van der Waals surface area contributed by atoms with Gasteiger partial charge in [-0.3, -0.25) is 4.98 Å². The molecule has 1 aromatic heterocycles. The largest absolute Gasteiger partial charge is 0.310 e. The number of nitrogens with one attached hydrogen (secondary N) is 1. The van der Waals surface area contributed by atoms with Crippen LogP contribution in [0.3, 0.4) is 0 Å². The van der Waals surface area contributed by atoms with Crippen LogP contribution in [-0.4, -0.2) is 11.0 Å². The van der Waals surface area contributed by atoms with Gasteiger partial charge in [0.05, 0.1) is 17.1 Å². The van der Waals surface area contributed by atoms with Gasteiger partial charge in [-0.25, -0.2) is 0 Å². The summed E-state index contributed by atoms with van der Waals surface area (Å²) in [6.07, 6.45) is 1.94. The molecule has 0 amide bonds. The van der Waals surface area contributed by atoms with E-state index in [1.807, 2.05) is 48.7 Å². The quantitative estimate of drug-likeness (QED) is 0.424. The van der Waals surface area contributed by atoms with Crippen molar-refractivity contribution in [1.29, 1.82) is 5.26 Å². The van der Waals surface area contributed by atoms with E-state index in [0.29, 0.717) is 12.0 Å². The van der Waals surface area contributed by atoms with Crippen LogP contribution in [0.1, 0.15) is 72.6 Å². The van der Waals surface area contributed by atoms with Crippen LogP contribution in [0.25, 0.3) is 10.9 Å². The van der Waals surface area contributed by atoms with Gasteiger partial charge in [-0.1, -0.05) is 80.3 Å². The SMILES string of the molecule is C.C.C.CC(C)NCc1cnc2ccccc2c1.CC(C)c1cccc(C#N)c1.[Y]. The van der Waals surface area contributed by atoms with Crippen molar-refractivity contribution in [3.63, 3.8) is 0 Å². The number of aromatic nitrogens is 1. The summed E-state index contributed by atoms with van der Waals surface area (Å²) < 4.78 is 0. The summed E-state index contributed by atoms with van der Waals surface area (Å²) in [7, 11) is 0. The molecule has 0 saturated heterocycles. The van der Waals surface area contributed by atoms with E-state index in [1.165, 1.54) is 16.5 Å². The second-order valence-electron chi connectivity index (χ2n) is 6.96. The van der Waals surface area contributed by atoms with Crippen LogP contribution in [0.2, 0.25) is 0 Å². The van der Waals surface area contributed by atoms with Gasteiger partial charge in [0.1, 0.15) is 0 Å². The number of pyridine rings is 1. The normalized spacial score (nSPS) is 9.10. The van der Waals surface area contributed by atoms with Gasteiger partial charge in [0.25, 0.3) is 0 Å². The van der Waals surface area contributed by atoms with Gasteiger partial charge >= 0.3 is 0 Å². The summed E-state index contributed by atoms with van der Waals surface area (Å²) in [5, 5.41) is 13.2. The van der Waals surface area contributed by atoms with Gasteiger partial charge in [-0.2, -0.15) is 5.26 Å². The van der Waals surface area contributed by atoms with Gasteiger partial charge < -0.3 is 5.32 Å². The fourth-order valence-corrected chi connectivity index (χ4v) is 2.50. The monoisotopic (exact) mass is 482 g/mol. The van der Waals surface area contributed by atoms with Gasteiger partial charge in [0.15, 0.2) is 0 Å². The molecule has 0 atom stereocenters. The van der Waals surface area contributed by atoms with E-state index >= 15 is 0 Å². The van der Waals surface area contributed by atoms with E-state index in [1.54, 1.807) is 0 Å². The maximum Gasteiger partial charge on any atom is 0.0991 e. The van der Waals surface area contributed by atoms with Crippen LogP contribution in [-0.2, 0) is 39.3 Å². The Morgan fingerprint density at radius 1 is 0.933 bits per heavy atom. The van der Waals surface area contributed by atoms with Gasteiger partial charge in [-0.15, -0.1) is 0 Å². The molecule has 4 heteroatoms. The second-order valence-corrected chi connectivity index (χ2v) is 6.96. The van der Waals surface area contributed by atoms with Crippen LogP contribution in [0.15, 0.2) is 60.8 Å². The predicted molar refractivity (Wildman–Crippen MR) is 129 cm³/mol. The zero-order valence-electron chi connectivity index (χ0n) is 16.6. The summed E-state index contributed by atoms with van der Waals surface area (Å²) in [5.74, 6) is 0.503. The van der Waals surface area contributed by atoms with Crippen molar-refractivity contribution in [2.45, 2.75) is 68.5 Å². The Bertz CT molecular complexity index is 883. The molecule has 3 rings (SSSR count). The number of para-hydroxylation sites is 1. The fourth-order valence-electron chi connectivity index (χ4n) is 2.50. The number of rotatable bonds is 4. The predicted octanol–water partition coefficient (Wildman–Crippen LogP) is 7.32. The number of fused-ring (bicyclic) bond motifs is 1. The first-order valence-electron chi connectivity index (χ1n) is 9.06. The molecule has 0 bridgehead atoms. The van der Waals surface area contributed by atoms with Crippen LogP contribution in [0.4, 0.5) is 0 Å². The molecule has 0 fully saturated rings. The van der Waals surface area contributed by atoms with Crippen molar-refractivity contribution in [3.8, 4) is 6.07 Å². The fraction of sp³-hybridized carbons (Fsp3) is 0.385. The Kier molecular flexibility index (Phi) is 18.9. The first-order chi connectivity index (χ1) is 12.5. The third kappa shape index (κ3) is 11.0. The van der Waals surface area contributed by atoms with Crippen molar-refractivity contribution in [3.05, 3.63) is 77.5 Å². The average molecular weight is 483 g/mol. The van der Waals surface area contributed by atoms with Crippen molar-refractivity contribution in [2.75, 3.05) is 0 Å². The third-order valence-corrected chi connectivity index (χ3v) is 4.04. The van der Waals surface area contributed by atoms with E-state index in [0.717, 1.165) is 17.6 Å². The van der Waals surface area contributed by atoms with Crippen LogP contribution >= 0.6 is 0 Å². The minimum absolute atomic E-state index is 0. The third-order valence-electron chi connectivity index (χ3n) is 4.04. The molecule has 1 N–H and O–H groups in total. The van der Waals surface area contributed by atoms with Crippen LogP contribution in [0.5, 0.6) is 0 Å². The molecule has 0 aliphatic carbocycles. The van der Waals surface area contributed by atoms with Crippen LogP contribution < -0.4 is 5.32 Å². The number of hydrogen-bond acceptors (Lipinski definition) is 3. The molecule has 2 aromatic carbocycles. The molecule has 3 aromatic rings. The standard InChI is InChI=1S/C13H16N2.C10H11N.3CH4.Y/c1-10(2)14-8-11-7-12-5-3-4-6-13(12)15-9-11;1-8(2)10-5-3-4-9(6-10)7-11;;;;/h3-7,9-10,14H,8H2,1-2H3;3-6,8H,1-2H3;3*1H4;. The number of nitrogens with zero attached hydrogens (tertiary/aromatic N) is 2. The van der Waals surface area contributed by atoms with E-state index in [4.69, 9.17) is 5.26 Å². The van der Waals surface area contributed by atoms with E-state index < -0.39 is 0 Å². The van der Waals surface area contributed by atoms with Crippen molar-refractivity contribution in [2.24, 2.45) is 0 Å². The summed E-state index contributed by atoms with van der Waals surface area (Å²) in [4.78, 5) is 4.42. The summed E-state index contributed by atoms with van der Waals surface area (Å²) in [6.45, 7) is 9.42. The van der Waals surface area contributed by atoms with Gasteiger partial charge in [0, 0.05) is 56.9 Å². The van der Waals surface area contributed by atoms with Gasteiger partial charge in [0.2, 0.25) is 0 Å². The molecule has 3 nitrogen and oxygen atoms in total. The Morgan fingerprint density at radius 3 is 2.20 bits per heavy atom. The van der Waals surface area contributed by atoms with E-state index in [-0.39, 0.29) is 55.0 Å². The summed E-state index contributed by atoms with van der Waals surface area (Å²) >= 11 is 0. The Labute approximate surface area is 210 Å². The molecule has 1 radical (unpaired) electrons. The maximum atomic E-state index is 8.59. The molecular formula is C26H39N3Y. The summed E-state index contributed by atoms with van der Waals surface area (Å²) in [5.41, 5.74) is 4.27. The average Bonchev–Trinajstić information content (AvgIpc) is 2.66. The molecular weight excluding hydrogens is 443 g/mol. The molecule has 0 spiro atoms. The first kappa shape index (κ1) is 33.1. The maximum absolute atomic E-state index is 8.59. The van der Waals surface area contributed by atoms with Gasteiger partial charge in [-0.05, 0) is 41.3 Å². The Hall–Kier alpha value is -1.60. The molecule has 0 unspecified atom stereocenters. The smallest absolute Gasteiger partial charge is 0.0991 e. The second kappa shape index (κ2) is 17.1. The Morgan fingerprint density at radius 2 is 1.60 bits per heavy atom. The number of nitriles is 1. The zero-order valence-corrected chi connectivity index (χ0v) is 19.4. The van der Waals surface area contributed by atoms with E-state index in [2.05, 4.69) is 56.2 Å². The minimum atomic E-state index is 0.